The van der Waals surface area contributed by atoms with E-state index in [0.717, 1.165) is 10.8 Å². The highest BCUT2D eigenvalue weighted by Crippen LogP contribution is 2.30. The summed E-state index contributed by atoms with van der Waals surface area (Å²) in [6, 6.07) is 8.92. The van der Waals surface area contributed by atoms with Gasteiger partial charge in [0.25, 0.3) is 6.33 Å². The van der Waals surface area contributed by atoms with Gasteiger partial charge in [-0.3, -0.25) is 0 Å². The lowest BCUT2D eigenvalue weighted by Gasteiger charge is -2.20. The van der Waals surface area contributed by atoms with Crippen molar-refractivity contribution < 1.29 is 4.57 Å². The fraction of sp³-hybridized carbons (Fsp3) is 0.333. The van der Waals surface area contributed by atoms with E-state index in [4.69, 9.17) is 0 Å². The van der Waals surface area contributed by atoms with Crippen LogP contribution < -0.4 is 4.57 Å². The molecule has 2 heterocycles. The summed E-state index contributed by atoms with van der Waals surface area (Å²) in [6.07, 6.45) is 3.20. The number of thioether (sulfide) groups is 1. The first kappa shape index (κ1) is 10.5. The molecule has 1 atom stereocenters. The van der Waals surface area contributed by atoms with Crippen LogP contribution in [0, 0.1) is 0 Å². The van der Waals surface area contributed by atoms with Crippen LogP contribution in [0.3, 0.4) is 0 Å². The first-order chi connectivity index (χ1) is 7.90. The summed E-state index contributed by atoms with van der Waals surface area (Å²) in [7, 11) is 0. The number of hydrogen-bond donors (Lipinski definition) is 0. The average Bonchev–Trinajstić information content (AvgIpc) is 2.37. The number of benzene rings is 1. The van der Waals surface area contributed by atoms with Gasteiger partial charge in [-0.25, -0.2) is 4.57 Å². The van der Waals surface area contributed by atoms with Gasteiger partial charge in [0.15, 0.2) is 10.5 Å². The number of halogens is 1. The van der Waals surface area contributed by atoms with Crippen LogP contribution >= 0.6 is 27.7 Å². The summed E-state index contributed by atoms with van der Waals surface area (Å²) in [5, 5.41) is 3.65. The van der Waals surface area contributed by atoms with Crippen LogP contribution in [0.4, 0.5) is 0 Å². The molecule has 0 N–H and O–H groups in total. The van der Waals surface area contributed by atoms with Crippen LogP contribution in [0.15, 0.2) is 35.6 Å². The summed E-state index contributed by atoms with van der Waals surface area (Å²) < 4.78 is 2.31. The maximum Gasteiger partial charge on any atom is 0.288 e. The van der Waals surface area contributed by atoms with Crippen molar-refractivity contribution in [3.05, 3.63) is 30.6 Å². The van der Waals surface area contributed by atoms with Gasteiger partial charge in [0, 0.05) is 11.1 Å². The molecule has 1 aliphatic rings. The van der Waals surface area contributed by atoms with Gasteiger partial charge in [-0.05, 0) is 23.5 Å². The molecule has 0 aliphatic carbocycles. The number of hydrogen-bond acceptors (Lipinski definition) is 2. The molecule has 0 saturated carbocycles. The average molecular weight is 296 g/mol. The molecule has 0 radical (unpaired) electrons. The van der Waals surface area contributed by atoms with Gasteiger partial charge >= 0.3 is 0 Å². The standard InChI is InChI=1S/C12H12BrN2S/c13-7-9-5-6-16-12-10-3-1-2-4-11(10)14-8-15(9)12/h1-4,8-9H,5-7H2/q+1. The summed E-state index contributed by atoms with van der Waals surface area (Å²) in [5.74, 6) is 1.20. The Morgan fingerprint density at radius 2 is 2.31 bits per heavy atom. The number of aromatic nitrogens is 2. The van der Waals surface area contributed by atoms with Crippen molar-refractivity contribution in [2.75, 3.05) is 11.1 Å². The first-order valence-electron chi connectivity index (χ1n) is 5.38. The van der Waals surface area contributed by atoms with Crippen molar-refractivity contribution in [2.24, 2.45) is 0 Å². The predicted octanol–water partition coefficient (Wildman–Crippen LogP) is 2.95. The molecule has 1 aromatic carbocycles. The van der Waals surface area contributed by atoms with E-state index in [1.54, 1.807) is 0 Å². The van der Waals surface area contributed by atoms with Gasteiger partial charge in [-0.15, -0.1) is 0 Å². The van der Waals surface area contributed by atoms with E-state index in [0.29, 0.717) is 6.04 Å². The minimum Gasteiger partial charge on any atom is -0.220 e. The maximum atomic E-state index is 4.52. The summed E-state index contributed by atoms with van der Waals surface area (Å²) in [6.45, 7) is 0. The molecule has 1 aromatic heterocycles. The van der Waals surface area contributed by atoms with E-state index in [9.17, 15) is 0 Å². The molecular weight excluding hydrogens is 284 g/mol. The Labute approximate surface area is 107 Å². The second-order valence-electron chi connectivity index (χ2n) is 3.92. The zero-order valence-electron chi connectivity index (χ0n) is 8.77. The largest absolute Gasteiger partial charge is 0.288 e. The number of para-hydroxylation sites is 1. The molecule has 1 unspecified atom stereocenters. The van der Waals surface area contributed by atoms with Crippen molar-refractivity contribution in [1.29, 1.82) is 0 Å². The molecule has 16 heavy (non-hydrogen) atoms. The quantitative estimate of drug-likeness (QED) is 0.457. The Bertz CT molecular complexity index is 529. The molecule has 0 bridgehead atoms. The molecule has 1 aliphatic heterocycles. The monoisotopic (exact) mass is 295 g/mol. The summed E-state index contributed by atoms with van der Waals surface area (Å²) in [5.41, 5.74) is 1.09. The molecule has 0 amide bonds. The molecule has 0 saturated heterocycles. The molecule has 0 spiro atoms. The highest BCUT2D eigenvalue weighted by molar-refractivity contribution is 9.09. The maximum absolute atomic E-state index is 4.52. The van der Waals surface area contributed by atoms with Gasteiger partial charge in [-0.2, -0.15) is 0 Å². The Morgan fingerprint density at radius 3 is 3.19 bits per heavy atom. The third-order valence-corrected chi connectivity index (χ3v) is 4.84. The molecule has 82 valence electrons. The summed E-state index contributed by atoms with van der Waals surface area (Å²) >= 11 is 5.53. The molecule has 0 fully saturated rings. The normalized spacial score (nSPS) is 19.7. The van der Waals surface area contributed by atoms with Crippen molar-refractivity contribution in [1.82, 2.24) is 4.98 Å². The molecular formula is C12H12BrN2S+. The van der Waals surface area contributed by atoms with Crippen LogP contribution in [0.2, 0.25) is 0 Å². The van der Waals surface area contributed by atoms with Crippen LogP contribution in [-0.4, -0.2) is 16.1 Å². The van der Waals surface area contributed by atoms with Crippen molar-refractivity contribution in [3.8, 4) is 0 Å². The Hall–Kier alpha value is -0.610. The van der Waals surface area contributed by atoms with Crippen LogP contribution in [-0.2, 0) is 0 Å². The van der Waals surface area contributed by atoms with Gasteiger partial charge in [0.05, 0.1) is 5.39 Å². The highest BCUT2D eigenvalue weighted by atomic mass is 79.9. The lowest BCUT2D eigenvalue weighted by atomic mass is 10.2. The highest BCUT2D eigenvalue weighted by Gasteiger charge is 2.26. The van der Waals surface area contributed by atoms with Gasteiger partial charge in [0.1, 0.15) is 6.04 Å². The van der Waals surface area contributed by atoms with Crippen molar-refractivity contribution >= 4 is 38.6 Å². The van der Waals surface area contributed by atoms with Crippen LogP contribution in [0.25, 0.3) is 10.9 Å². The topological polar surface area (TPSA) is 16.8 Å². The lowest BCUT2D eigenvalue weighted by Crippen LogP contribution is -2.45. The number of alkyl halides is 1. The van der Waals surface area contributed by atoms with Crippen LogP contribution in [0.5, 0.6) is 0 Å². The minimum absolute atomic E-state index is 0.549. The van der Waals surface area contributed by atoms with E-state index < -0.39 is 0 Å². The minimum atomic E-state index is 0.549. The van der Waals surface area contributed by atoms with E-state index in [1.165, 1.54) is 22.6 Å². The van der Waals surface area contributed by atoms with Gasteiger partial charge in [-0.1, -0.05) is 39.8 Å². The Kier molecular flexibility index (Phi) is 2.86. The fourth-order valence-corrected chi connectivity index (χ4v) is 3.97. The zero-order valence-corrected chi connectivity index (χ0v) is 11.2. The fourth-order valence-electron chi connectivity index (χ4n) is 2.08. The molecule has 4 heteroatoms. The number of fused-ring (bicyclic) bond motifs is 3. The van der Waals surface area contributed by atoms with Gasteiger partial charge in [0.2, 0.25) is 0 Å². The third-order valence-electron chi connectivity index (χ3n) is 2.95. The third kappa shape index (κ3) is 1.64. The van der Waals surface area contributed by atoms with E-state index in [-0.39, 0.29) is 0 Å². The Morgan fingerprint density at radius 1 is 1.44 bits per heavy atom. The number of rotatable bonds is 1. The van der Waals surface area contributed by atoms with E-state index >= 15 is 0 Å². The second-order valence-corrected chi connectivity index (χ2v) is 5.65. The van der Waals surface area contributed by atoms with Crippen molar-refractivity contribution in [2.45, 2.75) is 17.5 Å². The Balaban J connectivity index is 2.26. The summed E-state index contributed by atoms with van der Waals surface area (Å²) in [4.78, 5) is 4.52. The zero-order chi connectivity index (χ0) is 11.0. The molecule has 3 rings (SSSR count). The predicted molar refractivity (Wildman–Crippen MR) is 70.1 cm³/mol. The second kappa shape index (κ2) is 4.34. The van der Waals surface area contributed by atoms with Crippen LogP contribution in [0.1, 0.15) is 12.5 Å². The molecule has 2 nitrogen and oxygen atoms in total. The first-order valence-corrected chi connectivity index (χ1v) is 7.48. The van der Waals surface area contributed by atoms with Crippen molar-refractivity contribution in [3.63, 3.8) is 0 Å². The smallest absolute Gasteiger partial charge is 0.220 e. The lowest BCUT2D eigenvalue weighted by molar-refractivity contribution is -0.755. The van der Waals surface area contributed by atoms with Gasteiger partial charge < -0.3 is 0 Å². The SMILES string of the molecule is BrCC1CCSc2c3ccccc3nc[n+]21. The molecule has 2 aromatic rings. The number of nitrogens with zero attached hydrogens (tertiary/aromatic N) is 2. The van der Waals surface area contributed by atoms with E-state index in [1.807, 2.05) is 24.2 Å². The van der Waals surface area contributed by atoms with E-state index in [2.05, 4.69) is 43.7 Å².